The summed E-state index contributed by atoms with van der Waals surface area (Å²) in [7, 11) is 0. The van der Waals surface area contributed by atoms with Crippen LogP contribution in [0.1, 0.15) is 31.9 Å². The zero-order valence-corrected chi connectivity index (χ0v) is 11.4. The minimum atomic E-state index is 0.268. The number of hydrogen-bond acceptors (Lipinski definition) is 4. The molecule has 0 aliphatic rings. The number of imidazole rings is 1. The lowest BCUT2D eigenvalue weighted by Crippen LogP contribution is -2.09. The molecule has 0 aliphatic heterocycles. The smallest absolute Gasteiger partial charge is 0.193 e. The van der Waals surface area contributed by atoms with E-state index in [0.29, 0.717) is 25.3 Å². The molecule has 1 atom stereocenters. The summed E-state index contributed by atoms with van der Waals surface area (Å²) >= 11 is 1.59. The number of carbonyl (C=O) groups excluding carboxylic acids is 1. The number of nitrogens with two attached hydrogens (primary N) is 1. The topological polar surface area (TPSA) is 60.4 Å². The van der Waals surface area contributed by atoms with Crippen LogP contribution in [0.4, 0.5) is 0 Å². The van der Waals surface area contributed by atoms with Gasteiger partial charge in [0.15, 0.2) is 4.96 Å². The third kappa shape index (κ3) is 3.40. The Kier molecular flexibility index (Phi) is 4.49. The van der Waals surface area contributed by atoms with E-state index >= 15 is 0 Å². The molecule has 0 saturated carbocycles. The Balaban J connectivity index is 1.82. The summed E-state index contributed by atoms with van der Waals surface area (Å²) in [4.78, 5) is 17.2. The molecule has 0 aliphatic carbocycles. The van der Waals surface area contributed by atoms with E-state index in [4.69, 9.17) is 5.73 Å². The normalized spacial score (nSPS) is 13.0. The van der Waals surface area contributed by atoms with Crippen molar-refractivity contribution < 1.29 is 4.79 Å². The number of hydrogen-bond donors (Lipinski definition) is 1. The second-order valence-corrected chi connectivity index (χ2v) is 5.63. The highest BCUT2D eigenvalue weighted by Crippen LogP contribution is 2.14. The molecule has 2 aromatic heterocycles. The van der Waals surface area contributed by atoms with E-state index in [9.17, 15) is 4.79 Å². The number of nitrogens with zero attached hydrogens (tertiary/aromatic N) is 2. The third-order valence-electron chi connectivity index (χ3n) is 3.10. The Morgan fingerprint density at radius 3 is 3.11 bits per heavy atom. The molecule has 98 valence electrons. The second-order valence-electron chi connectivity index (χ2n) is 4.76. The minimum Gasteiger partial charge on any atom is -0.330 e. The highest BCUT2D eigenvalue weighted by Gasteiger charge is 2.10. The van der Waals surface area contributed by atoms with E-state index in [2.05, 4.69) is 11.9 Å². The van der Waals surface area contributed by atoms with Gasteiger partial charge in [-0.05, 0) is 25.3 Å². The molecule has 0 aromatic carbocycles. The van der Waals surface area contributed by atoms with Gasteiger partial charge in [-0.25, -0.2) is 4.98 Å². The summed E-state index contributed by atoms with van der Waals surface area (Å²) < 4.78 is 1.96. The van der Waals surface area contributed by atoms with Gasteiger partial charge in [0, 0.05) is 24.2 Å². The second kappa shape index (κ2) is 6.11. The van der Waals surface area contributed by atoms with Gasteiger partial charge in [-0.1, -0.05) is 6.92 Å². The van der Waals surface area contributed by atoms with Crippen LogP contribution < -0.4 is 5.73 Å². The largest absolute Gasteiger partial charge is 0.330 e. The van der Waals surface area contributed by atoms with Crippen molar-refractivity contribution in [2.24, 2.45) is 11.7 Å². The van der Waals surface area contributed by atoms with Crippen LogP contribution in [0, 0.1) is 5.92 Å². The number of fused-ring (bicyclic) bond motifs is 1. The van der Waals surface area contributed by atoms with Crippen LogP contribution in [0.5, 0.6) is 0 Å². The minimum absolute atomic E-state index is 0.268. The van der Waals surface area contributed by atoms with Crippen LogP contribution in [0.2, 0.25) is 0 Å². The molecule has 4 nitrogen and oxygen atoms in total. The van der Waals surface area contributed by atoms with Gasteiger partial charge in [0.25, 0.3) is 0 Å². The maximum absolute atomic E-state index is 11.8. The van der Waals surface area contributed by atoms with Crippen molar-refractivity contribution in [3.63, 3.8) is 0 Å². The summed E-state index contributed by atoms with van der Waals surface area (Å²) in [6, 6.07) is 0. The number of rotatable bonds is 7. The van der Waals surface area contributed by atoms with Gasteiger partial charge in [0.2, 0.25) is 0 Å². The fraction of sp³-hybridized carbons (Fsp3) is 0.538. The Hall–Kier alpha value is -1.20. The molecule has 0 spiro atoms. The van der Waals surface area contributed by atoms with Gasteiger partial charge in [-0.15, -0.1) is 11.3 Å². The van der Waals surface area contributed by atoms with Gasteiger partial charge >= 0.3 is 0 Å². The molecule has 0 fully saturated rings. The van der Waals surface area contributed by atoms with E-state index in [1.807, 2.05) is 22.2 Å². The molecule has 2 N–H and O–H groups in total. The fourth-order valence-electron chi connectivity index (χ4n) is 1.99. The molecule has 2 aromatic rings. The fourth-order valence-corrected chi connectivity index (χ4v) is 2.71. The monoisotopic (exact) mass is 265 g/mol. The molecule has 1 unspecified atom stereocenters. The Morgan fingerprint density at radius 1 is 1.56 bits per heavy atom. The number of Topliss-reactive ketones (excluding diaryl/α,β-unsaturated/α-hetero) is 1. The quantitative estimate of drug-likeness (QED) is 0.835. The van der Waals surface area contributed by atoms with Crippen molar-refractivity contribution in [2.75, 3.05) is 6.54 Å². The Morgan fingerprint density at radius 2 is 2.39 bits per heavy atom. The highest BCUT2D eigenvalue weighted by molar-refractivity contribution is 7.15. The number of thiazole rings is 1. The van der Waals surface area contributed by atoms with Crippen molar-refractivity contribution >= 4 is 22.1 Å². The summed E-state index contributed by atoms with van der Waals surface area (Å²) in [5.74, 6) is 0.800. The first-order chi connectivity index (χ1) is 8.69. The van der Waals surface area contributed by atoms with Gasteiger partial charge in [-0.3, -0.25) is 9.20 Å². The lowest BCUT2D eigenvalue weighted by atomic mass is 9.99. The molecule has 5 heteroatoms. The lowest BCUT2D eigenvalue weighted by Gasteiger charge is -2.08. The van der Waals surface area contributed by atoms with Crippen molar-refractivity contribution in [3.8, 4) is 0 Å². The first-order valence-corrected chi connectivity index (χ1v) is 7.20. The van der Waals surface area contributed by atoms with Gasteiger partial charge in [0.05, 0.1) is 12.1 Å². The molecular weight excluding hydrogens is 246 g/mol. The van der Waals surface area contributed by atoms with Crippen LogP contribution in [-0.2, 0) is 11.2 Å². The SMILES string of the molecule is CC(CCN)CCC(=O)Cc1cn2ccsc2n1. The maximum Gasteiger partial charge on any atom is 0.193 e. The van der Waals surface area contributed by atoms with E-state index in [0.717, 1.165) is 23.5 Å². The third-order valence-corrected chi connectivity index (χ3v) is 3.87. The standard InChI is InChI=1S/C13H19N3OS/c1-10(4-5-14)2-3-12(17)8-11-9-16-6-7-18-13(16)15-11/h6-7,9-10H,2-5,8,14H2,1H3. The molecule has 2 rings (SSSR count). The zero-order valence-electron chi connectivity index (χ0n) is 10.6. The van der Waals surface area contributed by atoms with E-state index < -0.39 is 0 Å². The van der Waals surface area contributed by atoms with Gasteiger partial charge in [0.1, 0.15) is 5.78 Å². The first kappa shape index (κ1) is 13.2. The summed E-state index contributed by atoms with van der Waals surface area (Å²) in [6.07, 6.45) is 6.90. The predicted molar refractivity (Wildman–Crippen MR) is 73.8 cm³/mol. The molecule has 0 saturated heterocycles. The highest BCUT2D eigenvalue weighted by atomic mass is 32.1. The van der Waals surface area contributed by atoms with Crippen LogP contribution in [0.25, 0.3) is 4.96 Å². The first-order valence-electron chi connectivity index (χ1n) is 6.32. The van der Waals surface area contributed by atoms with E-state index in [1.165, 1.54) is 0 Å². The summed E-state index contributed by atoms with van der Waals surface area (Å²) in [6.45, 7) is 2.85. The van der Waals surface area contributed by atoms with Crippen molar-refractivity contribution in [1.29, 1.82) is 0 Å². The molecular formula is C13H19N3OS. The number of ketones is 1. The summed E-state index contributed by atoms with van der Waals surface area (Å²) in [5.41, 5.74) is 6.37. The lowest BCUT2D eigenvalue weighted by molar-refractivity contribution is -0.118. The van der Waals surface area contributed by atoms with Crippen LogP contribution in [-0.4, -0.2) is 21.7 Å². The summed E-state index contributed by atoms with van der Waals surface area (Å²) in [5, 5.41) is 1.99. The average Bonchev–Trinajstić information content (AvgIpc) is 2.87. The van der Waals surface area contributed by atoms with E-state index in [-0.39, 0.29) is 5.78 Å². The Labute approximate surface area is 111 Å². The number of aromatic nitrogens is 2. The molecule has 0 radical (unpaired) electrons. The molecule has 0 bridgehead atoms. The van der Waals surface area contributed by atoms with Crippen molar-refractivity contribution in [3.05, 3.63) is 23.5 Å². The molecule has 0 amide bonds. The molecule has 18 heavy (non-hydrogen) atoms. The van der Waals surface area contributed by atoms with Crippen molar-refractivity contribution in [2.45, 2.75) is 32.6 Å². The molecule has 2 heterocycles. The van der Waals surface area contributed by atoms with Crippen molar-refractivity contribution in [1.82, 2.24) is 9.38 Å². The van der Waals surface area contributed by atoms with Gasteiger partial charge < -0.3 is 5.73 Å². The van der Waals surface area contributed by atoms with E-state index in [1.54, 1.807) is 11.3 Å². The average molecular weight is 265 g/mol. The van der Waals surface area contributed by atoms with Crippen LogP contribution in [0.3, 0.4) is 0 Å². The van der Waals surface area contributed by atoms with Gasteiger partial charge in [-0.2, -0.15) is 0 Å². The maximum atomic E-state index is 11.8. The Bertz CT molecular complexity index is 489. The van der Waals surface area contributed by atoms with Crippen LogP contribution >= 0.6 is 11.3 Å². The van der Waals surface area contributed by atoms with Crippen LogP contribution in [0.15, 0.2) is 17.8 Å². The predicted octanol–water partition coefficient (Wildman–Crippen LogP) is 2.27. The number of carbonyl (C=O) groups is 1. The zero-order chi connectivity index (χ0) is 13.0.